The van der Waals surface area contributed by atoms with Crippen molar-refractivity contribution < 1.29 is 82.4 Å². The van der Waals surface area contributed by atoms with Crippen LogP contribution in [0, 0.1) is 64.1 Å². The normalized spacial score (nSPS) is 12.3. The van der Waals surface area contributed by atoms with Gasteiger partial charge in [-0.05, 0) is 51.5 Å². The highest BCUT2D eigenvalue weighted by atomic mass is 32.2. The standard InChI is InChI=1S/C16H30N2O5S.C15H4F10O3/c1-10(2)9-12(18-15(22)23-16(3,4)5)13(19)17-11(14(20)21)7-8-24-6;16-4-6(18)10(22)14(11(23)7(4)19)27-1-3(26)2-28-15-12(24)8(20)5(17)9(21)13(15)25/h10-12H,7-9H2,1-6H3,(H,17,19)(H,18,22)(H,20,21);1-2H2/t11-,12-;/m0./s1. The number of carbonyl (C=O) groups is 4. The lowest BCUT2D eigenvalue weighted by molar-refractivity contribution is -0.142. The lowest BCUT2D eigenvalue weighted by Gasteiger charge is -2.25. The largest absolute Gasteiger partial charge is 0.480 e. The van der Waals surface area contributed by atoms with E-state index < -0.39 is 124 Å². The summed E-state index contributed by atoms with van der Waals surface area (Å²) in [5, 5.41) is 14.2. The van der Waals surface area contributed by atoms with Gasteiger partial charge in [-0.15, -0.1) is 0 Å². The van der Waals surface area contributed by atoms with Crippen molar-refractivity contribution in [3.63, 3.8) is 0 Å². The molecular weight excluding hydrogens is 750 g/mol. The lowest BCUT2D eigenvalue weighted by Crippen LogP contribution is -2.52. The first-order valence-electron chi connectivity index (χ1n) is 14.8. The second-order valence-corrected chi connectivity index (χ2v) is 12.9. The molecule has 0 saturated carbocycles. The molecule has 0 aliphatic rings. The molecule has 21 heteroatoms. The Morgan fingerprint density at radius 3 is 1.38 bits per heavy atom. The van der Waals surface area contributed by atoms with Gasteiger partial charge in [-0.3, -0.25) is 9.59 Å². The minimum Gasteiger partial charge on any atom is -0.480 e. The number of alkyl carbamates (subject to hydrolysis) is 1. The van der Waals surface area contributed by atoms with Crippen LogP contribution in [-0.2, 0) is 19.1 Å². The second kappa shape index (κ2) is 20.0. The second-order valence-electron chi connectivity index (χ2n) is 11.9. The SMILES string of the molecule is CSCC[C@H](NC(=O)[C@H](CC(C)C)NC(=O)OC(C)(C)C)C(=O)O.O=C(COc1c(F)c(F)c(F)c(F)c1F)COc1c(F)c(F)c(F)c(F)c1F. The van der Waals surface area contributed by atoms with Crippen LogP contribution in [-0.4, -0.2) is 71.8 Å². The molecule has 2 rings (SSSR count). The van der Waals surface area contributed by atoms with E-state index in [1.165, 1.54) is 11.8 Å². The van der Waals surface area contributed by atoms with E-state index >= 15 is 0 Å². The first-order chi connectivity index (χ1) is 23.9. The Kier molecular flexibility index (Phi) is 17.5. The molecule has 3 N–H and O–H groups in total. The molecule has 0 saturated heterocycles. The molecule has 2 aromatic carbocycles. The van der Waals surface area contributed by atoms with Gasteiger partial charge in [0.2, 0.25) is 69.9 Å². The summed E-state index contributed by atoms with van der Waals surface area (Å²) in [5.41, 5.74) is -0.676. The lowest BCUT2D eigenvalue weighted by atomic mass is 10.0. The third-order valence-electron chi connectivity index (χ3n) is 6.03. The van der Waals surface area contributed by atoms with Gasteiger partial charge in [-0.1, -0.05) is 13.8 Å². The van der Waals surface area contributed by atoms with E-state index in [-0.39, 0.29) is 5.92 Å². The number of carbonyl (C=O) groups excluding carboxylic acids is 3. The maximum Gasteiger partial charge on any atom is 0.408 e. The summed E-state index contributed by atoms with van der Waals surface area (Å²) in [5.74, 6) is -29.9. The van der Waals surface area contributed by atoms with Crippen molar-refractivity contribution in [1.29, 1.82) is 0 Å². The van der Waals surface area contributed by atoms with E-state index in [1.807, 2.05) is 20.1 Å². The number of carboxylic acids is 1. The highest BCUT2D eigenvalue weighted by Crippen LogP contribution is 2.30. The monoisotopic (exact) mass is 784 g/mol. The molecular formula is C31H34F10N2O8S. The predicted octanol–water partition coefficient (Wildman–Crippen LogP) is 6.35. The number of ketones is 1. The third-order valence-corrected chi connectivity index (χ3v) is 6.68. The Hall–Kier alpha value is -4.43. The highest BCUT2D eigenvalue weighted by Gasteiger charge is 2.31. The molecule has 0 unspecified atom stereocenters. The van der Waals surface area contributed by atoms with Crippen LogP contribution in [0.5, 0.6) is 11.5 Å². The van der Waals surface area contributed by atoms with Crippen molar-refractivity contribution >= 4 is 35.5 Å². The van der Waals surface area contributed by atoms with E-state index in [9.17, 15) is 68.2 Å². The molecule has 2 aromatic rings. The van der Waals surface area contributed by atoms with Crippen molar-refractivity contribution in [2.75, 3.05) is 25.2 Å². The molecule has 0 bridgehead atoms. The van der Waals surface area contributed by atoms with Gasteiger partial charge >= 0.3 is 12.1 Å². The molecule has 0 aliphatic heterocycles. The zero-order valence-corrected chi connectivity index (χ0v) is 29.1. The molecule has 292 valence electrons. The number of hydrogen-bond acceptors (Lipinski definition) is 8. The summed E-state index contributed by atoms with van der Waals surface area (Å²) in [6, 6.07) is -1.81. The van der Waals surface area contributed by atoms with Gasteiger partial charge in [0.1, 0.15) is 17.7 Å². The van der Waals surface area contributed by atoms with E-state index in [0.717, 1.165) is 0 Å². The first-order valence-corrected chi connectivity index (χ1v) is 16.2. The smallest absolute Gasteiger partial charge is 0.408 e. The summed E-state index contributed by atoms with van der Waals surface area (Å²) >= 11 is 1.51. The van der Waals surface area contributed by atoms with E-state index in [4.69, 9.17) is 4.74 Å². The number of Topliss-reactive ketones (excluding diaryl/α,β-unsaturated/α-hetero) is 1. The molecule has 0 aromatic heterocycles. The van der Waals surface area contributed by atoms with Gasteiger partial charge in [0, 0.05) is 0 Å². The number of thioether (sulfide) groups is 1. The van der Waals surface area contributed by atoms with Crippen molar-refractivity contribution in [3.05, 3.63) is 58.2 Å². The van der Waals surface area contributed by atoms with Gasteiger partial charge in [0.05, 0.1) is 0 Å². The number of carboxylic acid groups (broad SMARTS) is 1. The summed E-state index contributed by atoms with van der Waals surface area (Å²) in [4.78, 5) is 47.0. The van der Waals surface area contributed by atoms with Crippen LogP contribution < -0.4 is 20.1 Å². The van der Waals surface area contributed by atoms with Gasteiger partial charge in [-0.25, -0.2) is 35.9 Å². The average molecular weight is 785 g/mol. The van der Waals surface area contributed by atoms with E-state index in [0.29, 0.717) is 18.6 Å². The van der Waals surface area contributed by atoms with Crippen molar-refractivity contribution in [3.8, 4) is 11.5 Å². The van der Waals surface area contributed by atoms with Crippen LogP contribution in [0.25, 0.3) is 0 Å². The Bertz CT molecular complexity index is 1490. The van der Waals surface area contributed by atoms with Crippen molar-refractivity contribution in [2.45, 2.75) is 65.1 Å². The van der Waals surface area contributed by atoms with Crippen LogP contribution >= 0.6 is 11.8 Å². The summed E-state index contributed by atoms with van der Waals surface area (Å²) in [6.07, 6.45) is 1.88. The zero-order chi connectivity index (χ0) is 40.2. The zero-order valence-electron chi connectivity index (χ0n) is 28.3. The number of benzene rings is 2. The van der Waals surface area contributed by atoms with Crippen LogP contribution in [0.3, 0.4) is 0 Å². The fourth-order valence-electron chi connectivity index (χ4n) is 3.69. The summed E-state index contributed by atoms with van der Waals surface area (Å²) in [6.45, 7) is 6.17. The van der Waals surface area contributed by atoms with Crippen molar-refractivity contribution in [2.24, 2.45) is 5.92 Å². The predicted molar refractivity (Wildman–Crippen MR) is 164 cm³/mol. The maximum absolute atomic E-state index is 13.3. The minimum absolute atomic E-state index is 0.144. The number of hydrogen-bond donors (Lipinski definition) is 3. The topological polar surface area (TPSA) is 140 Å². The van der Waals surface area contributed by atoms with Crippen LogP contribution in [0.15, 0.2) is 0 Å². The molecule has 0 radical (unpaired) electrons. The Morgan fingerprint density at radius 1 is 0.673 bits per heavy atom. The van der Waals surface area contributed by atoms with Gasteiger partial charge < -0.3 is 30.0 Å². The molecule has 0 fully saturated rings. The minimum atomic E-state index is -2.48. The van der Waals surface area contributed by atoms with Gasteiger partial charge in [0.15, 0.2) is 24.7 Å². The summed E-state index contributed by atoms with van der Waals surface area (Å²) in [7, 11) is 0. The number of aliphatic carboxylic acids is 1. The quantitative estimate of drug-likeness (QED) is 0.107. The summed E-state index contributed by atoms with van der Waals surface area (Å²) < 4.78 is 144. The number of ether oxygens (including phenoxy) is 3. The molecule has 2 amide bonds. The van der Waals surface area contributed by atoms with Crippen LogP contribution in [0.1, 0.15) is 47.5 Å². The molecule has 10 nitrogen and oxygen atoms in total. The van der Waals surface area contributed by atoms with Crippen LogP contribution in [0.2, 0.25) is 0 Å². The van der Waals surface area contributed by atoms with Crippen molar-refractivity contribution in [1.82, 2.24) is 10.6 Å². The van der Waals surface area contributed by atoms with E-state index in [2.05, 4.69) is 20.1 Å². The number of halogens is 10. The molecule has 0 spiro atoms. The fourth-order valence-corrected chi connectivity index (χ4v) is 4.16. The Balaban J connectivity index is 0.000000528. The van der Waals surface area contributed by atoms with Gasteiger partial charge in [-0.2, -0.15) is 29.3 Å². The molecule has 0 heterocycles. The number of rotatable bonds is 15. The number of nitrogens with one attached hydrogen (secondary N) is 2. The number of amides is 2. The van der Waals surface area contributed by atoms with Crippen LogP contribution in [0.4, 0.5) is 48.7 Å². The third kappa shape index (κ3) is 13.3. The van der Waals surface area contributed by atoms with Gasteiger partial charge in [0.25, 0.3) is 0 Å². The van der Waals surface area contributed by atoms with E-state index in [1.54, 1.807) is 20.8 Å². The molecule has 52 heavy (non-hydrogen) atoms. The average Bonchev–Trinajstić information content (AvgIpc) is 3.05. The molecule has 0 aliphatic carbocycles. The molecule has 2 atom stereocenters. The fraction of sp³-hybridized carbons (Fsp3) is 0.484. The highest BCUT2D eigenvalue weighted by molar-refractivity contribution is 7.98. The Labute approximate surface area is 294 Å². The first kappa shape index (κ1) is 45.6. The maximum atomic E-state index is 13.3. The Morgan fingerprint density at radius 2 is 1.06 bits per heavy atom.